The van der Waals surface area contributed by atoms with Gasteiger partial charge < -0.3 is 5.32 Å². The molecule has 0 spiro atoms. The summed E-state index contributed by atoms with van der Waals surface area (Å²) in [5.74, 6) is -0.597. The van der Waals surface area contributed by atoms with E-state index in [1.165, 1.54) is 23.1 Å². The zero-order valence-corrected chi connectivity index (χ0v) is 14.0. The number of nitrogens with one attached hydrogen (secondary N) is 2. The van der Waals surface area contributed by atoms with Crippen molar-refractivity contribution in [1.82, 2.24) is 10.8 Å². The van der Waals surface area contributed by atoms with Gasteiger partial charge in [-0.1, -0.05) is 24.3 Å². The molecule has 3 N–H and O–H groups in total. The van der Waals surface area contributed by atoms with Gasteiger partial charge in [-0.2, -0.15) is 0 Å². The maximum atomic E-state index is 12.4. The first-order valence-electron chi connectivity index (χ1n) is 7.19. The number of hydrogen-bond donors (Lipinski definition) is 3. The Bertz CT molecular complexity index is 751. The van der Waals surface area contributed by atoms with E-state index in [9.17, 15) is 9.59 Å². The Hall–Kier alpha value is -1.83. The fourth-order valence-electron chi connectivity index (χ4n) is 2.45. The second kappa shape index (κ2) is 6.74. The molecule has 2 aromatic rings. The van der Waals surface area contributed by atoms with Crippen molar-refractivity contribution in [1.29, 1.82) is 0 Å². The minimum absolute atomic E-state index is 0.0839. The van der Waals surface area contributed by atoms with Gasteiger partial charge in [0.15, 0.2) is 0 Å². The summed E-state index contributed by atoms with van der Waals surface area (Å²) >= 11 is 2.84. The molecule has 3 rings (SSSR count). The van der Waals surface area contributed by atoms with Gasteiger partial charge in [-0.25, -0.2) is 5.48 Å². The van der Waals surface area contributed by atoms with Crippen LogP contribution in [-0.2, 0) is 4.79 Å². The molecule has 1 aromatic carbocycles. The SMILES string of the molecule is C[C@@H](NC(=O)c1cc2ccccc2s1)C1CC=C(C(=O)NO)S1. The van der Waals surface area contributed by atoms with Gasteiger partial charge in [-0.05, 0) is 30.9 Å². The molecule has 0 bridgehead atoms. The van der Waals surface area contributed by atoms with Gasteiger partial charge in [0.25, 0.3) is 11.8 Å². The van der Waals surface area contributed by atoms with Crippen molar-refractivity contribution in [2.24, 2.45) is 0 Å². The van der Waals surface area contributed by atoms with Crippen LogP contribution in [-0.4, -0.2) is 28.3 Å². The maximum absolute atomic E-state index is 12.4. The molecule has 2 atom stereocenters. The van der Waals surface area contributed by atoms with Crippen LogP contribution < -0.4 is 10.8 Å². The normalized spacial score (nSPS) is 18.5. The van der Waals surface area contributed by atoms with E-state index in [0.717, 1.165) is 10.1 Å². The van der Waals surface area contributed by atoms with Gasteiger partial charge >= 0.3 is 0 Å². The van der Waals surface area contributed by atoms with Crippen molar-refractivity contribution in [3.8, 4) is 0 Å². The predicted octanol–water partition coefficient (Wildman–Crippen LogP) is 2.91. The molecular formula is C16H16N2O3S2. The molecule has 0 aliphatic carbocycles. The van der Waals surface area contributed by atoms with E-state index in [2.05, 4.69) is 5.32 Å². The molecule has 5 nitrogen and oxygen atoms in total. The molecule has 0 radical (unpaired) electrons. The summed E-state index contributed by atoms with van der Waals surface area (Å²) in [4.78, 5) is 25.0. The molecule has 2 amide bonds. The van der Waals surface area contributed by atoms with E-state index in [-0.39, 0.29) is 17.2 Å². The fourth-order valence-corrected chi connectivity index (χ4v) is 4.56. The molecule has 1 aromatic heterocycles. The van der Waals surface area contributed by atoms with E-state index in [0.29, 0.717) is 16.2 Å². The summed E-state index contributed by atoms with van der Waals surface area (Å²) in [5.41, 5.74) is 1.63. The van der Waals surface area contributed by atoms with Gasteiger partial charge in [0.1, 0.15) is 0 Å². The van der Waals surface area contributed by atoms with Crippen molar-refractivity contribution in [2.45, 2.75) is 24.6 Å². The fraction of sp³-hybridized carbons (Fsp3) is 0.250. The molecule has 1 aliphatic heterocycles. The number of thioether (sulfide) groups is 1. The van der Waals surface area contributed by atoms with Crippen molar-refractivity contribution in [3.63, 3.8) is 0 Å². The third-order valence-electron chi connectivity index (χ3n) is 3.70. The van der Waals surface area contributed by atoms with Crippen molar-refractivity contribution in [2.75, 3.05) is 0 Å². The average molecular weight is 348 g/mol. The summed E-state index contributed by atoms with van der Waals surface area (Å²) in [6.07, 6.45) is 2.46. The van der Waals surface area contributed by atoms with Crippen LogP contribution in [0.15, 0.2) is 41.3 Å². The first-order chi connectivity index (χ1) is 11.1. The lowest BCUT2D eigenvalue weighted by molar-refractivity contribution is -0.124. The zero-order chi connectivity index (χ0) is 16.4. The Balaban J connectivity index is 1.63. The highest BCUT2D eigenvalue weighted by molar-refractivity contribution is 8.04. The van der Waals surface area contributed by atoms with Crippen LogP contribution in [0, 0.1) is 0 Å². The Labute approximate surface area is 141 Å². The third kappa shape index (κ3) is 3.41. The molecule has 23 heavy (non-hydrogen) atoms. The number of rotatable bonds is 4. The first kappa shape index (κ1) is 16.0. The topological polar surface area (TPSA) is 78.4 Å². The Morgan fingerprint density at radius 2 is 2.09 bits per heavy atom. The minimum Gasteiger partial charge on any atom is -0.348 e. The Morgan fingerprint density at radius 1 is 1.30 bits per heavy atom. The smallest absolute Gasteiger partial charge is 0.280 e. The van der Waals surface area contributed by atoms with Crippen LogP contribution in [0.4, 0.5) is 0 Å². The molecule has 0 saturated carbocycles. The van der Waals surface area contributed by atoms with Crippen LogP contribution in [0.1, 0.15) is 23.0 Å². The molecule has 120 valence electrons. The number of thiophene rings is 1. The standard InChI is InChI=1S/C16H16N2O3S2/c1-9(11-6-7-13(22-11)16(20)18-21)17-15(19)14-8-10-4-2-3-5-12(10)23-14/h2-5,7-9,11,21H,6H2,1H3,(H,17,19)(H,18,20)/t9-,11?/m1/s1. The van der Waals surface area contributed by atoms with Gasteiger partial charge in [0.05, 0.1) is 9.78 Å². The molecule has 2 heterocycles. The van der Waals surface area contributed by atoms with Crippen molar-refractivity contribution < 1.29 is 14.8 Å². The summed E-state index contributed by atoms with van der Waals surface area (Å²) in [6.45, 7) is 1.93. The highest BCUT2D eigenvalue weighted by Crippen LogP contribution is 2.34. The third-order valence-corrected chi connectivity index (χ3v) is 6.33. The molecule has 0 fully saturated rings. The first-order valence-corrected chi connectivity index (χ1v) is 8.89. The highest BCUT2D eigenvalue weighted by Gasteiger charge is 2.28. The van der Waals surface area contributed by atoms with E-state index in [4.69, 9.17) is 5.21 Å². The number of fused-ring (bicyclic) bond motifs is 1. The van der Waals surface area contributed by atoms with Gasteiger partial charge in [0.2, 0.25) is 0 Å². The summed E-state index contributed by atoms with van der Waals surface area (Å²) in [7, 11) is 0. The number of amides is 2. The summed E-state index contributed by atoms with van der Waals surface area (Å²) in [5, 5.41) is 12.8. The van der Waals surface area contributed by atoms with E-state index >= 15 is 0 Å². The number of hydrogen-bond acceptors (Lipinski definition) is 5. The molecule has 1 aliphatic rings. The number of hydroxylamine groups is 1. The minimum atomic E-state index is -0.500. The van der Waals surface area contributed by atoms with E-state index < -0.39 is 5.91 Å². The molecule has 7 heteroatoms. The Kier molecular flexibility index (Phi) is 4.70. The van der Waals surface area contributed by atoms with Gasteiger partial charge in [-0.3, -0.25) is 14.8 Å². The quantitative estimate of drug-likeness (QED) is 0.586. The van der Waals surface area contributed by atoms with Crippen molar-refractivity contribution in [3.05, 3.63) is 46.2 Å². The summed E-state index contributed by atoms with van der Waals surface area (Å²) < 4.78 is 1.09. The van der Waals surface area contributed by atoms with Gasteiger partial charge in [-0.15, -0.1) is 23.1 Å². The van der Waals surface area contributed by atoms with E-state index in [1.54, 1.807) is 11.6 Å². The lowest BCUT2D eigenvalue weighted by atomic mass is 10.1. The number of allylic oxidation sites excluding steroid dienone is 1. The number of benzene rings is 1. The highest BCUT2D eigenvalue weighted by atomic mass is 32.2. The molecular weight excluding hydrogens is 332 g/mol. The van der Waals surface area contributed by atoms with Crippen molar-refractivity contribution >= 4 is 45.0 Å². The second-order valence-corrected chi connectivity index (χ2v) is 7.68. The molecule has 0 saturated heterocycles. The number of carbonyl (C=O) groups excluding carboxylic acids is 2. The Morgan fingerprint density at radius 3 is 2.83 bits per heavy atom. The molecule has 1 unspecified atom stereocenters. The second-order valence-electron chi connectivity index (χ2n) is 5.31. The maximum Gasteiger partial charge on any atom is 0.280 e. The number of carbonyl (C=O) groups is 2. The lowest BCUT2D eigenvalue weighted by Gasteiger charge is -2.19. The average Bonchev–Trinajstić information content (AvgIpc) is 3.20. The predicted molar refractivity (Wildman–Crippen MR) is 92.8 cm³/mol. The van der Waals surface area contributed by atoms with Crippen LogP contribution in [0.25, 0.3) is 10.1 Å². The van der Waals surface area contributed by atoms with Crippen LogP contribution in [0.5, 0.6) is 0 Å². The largest absolute Gasteiger partial charge is 0.348 e. The lowest BCUT2D eigenvalue weighted by Crippen LogP contribution is -2.38. The van der Waals surface area contributed by atoms with Crippen LogP contribution >= 0.6 is 23.1 Å². The van der Waals surface area contributed by atoms with Crippen LogP contribution in [0.3, 0.4) is 0 Å². The summed E-state index contributed by atoms with van der Waals surface area (Å²) in [6, 6.07) is 9.70. The van der Waals surface area contributed by atoms with Gasteiger partial charge in [0, 0.05) is 16.0 Å². The van der Waals surface area contributed by atoms with Crippen LogP contribution in [0.2, 0.25) is 0 Å². The van der Waals surface area contributed by atoms with E-state index in [1.807, 2.05) is 37.3 Å². The zero-order valence-electron chi connectivity index (χ0n) is 12.4. The monoisotopic (exact) mass is 348 g/mol.